The minimum Gasteiger partial charge on any atom is -0.482 e. The molecule has 0 atom stereocenters. The number of amides is 1. The van der Waals surface area contributed by atoms with Gasteiger partial charge in [-0.1, -0.05) is 23.7 Å². The number of hydrogen-bond acceptors (Lipinski definition) is 4. The second-order valence-electron chi connectivity index (χ2n) is 5.76. The number of ether oxygens (including phenoxy) is 1. The van der Waals surface area contributed by atoms with Gasteiger partial charge in [0.1, 0.15) is 11.6 Å². The Bertz CT molecular complexity index is 730. The lowest BCUT2D eigenvalue weighted by molar-refractivity contribution is -0.118. The normalized spacial score (nSPS) is 13.8. The Hall–Kier alpha value is -2.27. The average Bonchev–Trinajstić information content (AvgIpc) is 3.10. The SMILES string of the molecule is Cc1nc(N2CCCC2)ccc1NC(=O)COc1ccccc1Cl. The van der Waals surface area contributed by atoms with Crippen molar-refractivity contribution >= 4 is 29.0 Å². The van der Waals surface area contributed by atoms with Crippen molar-refractivity contribution in [3.05, 3.63) is 47.1 Å². The molecular weight excluding hydrogens is 326 g/mol. The van der Waals surface area contributed by atoms with Crippen LogP contribution in [0.5, 0.6) is 5.75 Å². The second-order valence-corrected chi connectivity index (χ2v) is 6.17. The Morgan fingerprint density at radius 1 is 1.25 bits per heavy atom. The molecule has 0 saturated carbocycles. The van der Waals surface area contributed by atoms with E-state index in [-0.39, 0.29) is 12.5 Å². The lowest BCUT2D eigenvalue weighted by atomic mass is 10.3. The van der Waals surface area contributed by atoms with E-state index in [4.69, 9.17) is 16.3 Å². The predicted octanol–water partition coefficient (Wildman–Crippen LogP) is 3.66. The molecule has 1 aliphatic rings. The molecule has 0 radical (unpaired) electrons. The summed E-state index contributed by atoms with van der Waals surface area (Å²) in [7, 11) is 0. The lowest BCUT2D eigenvalue weighted by Gasteiger charge is -2.18. The van der Waals surface area contributed by atoms with E-state index in [1.165, 1.54) is 12.8 Å². The number of pyridine rings is 1. The minimum absolute atomic E-state index is 0.100. The van der Waals surface area contributed by atoms with Gasteiger partial charge in [-0.05, 0) is 44.0 Å². The molecule has 0 bridgehead atoms. The van der Waals surface area contributed by atoms with Crippen LogP contribution in [0, 0.1) is 6.92 Å². The number of carbonyl (C=O) groups is 1. The van der Waals surface area contributed by atoms with Crippen LogP contribution >= 0.6 is 11.6 Å². The zero-order valence-corrected chi connectivity index (χ0v) is 14.3. The number of aryl methyl sites for hydroxylation is 1. The van der Waals surface area contributed by atoms with E-state index in [1.807, 2.05) is 31.2 Å². The van der Waals surface area contributed by atoms with Crippen LogP contribution in [0.3, 0.4) is 0 Å². The smallest absolute Gasteiger partial charge is 0.262 e. The number of rotatable bonds is 5. The third-order valence-corrected chi connectivity index (χ3v) is 4.28. The topological polar surface area (TPSA) is 54.5 Å². The van der Waals surface area contributed by atoms with E-state index in [9.17, 15) is 4.79 Å². The molecule has 0 unspecified atom stereocenters. The van der Waals surface area contributed by atoms with Gasteiger partial charge in [-0.2, -0.15) is 0 Å². The van der Waals surface area contributed by atoms with Crippen molar-refractivity contribution < 1.29 is 9.53 Å². The number of hydrogen-bond donors (Lipinski definition) is 1. The van der Waals surface area contributed by atoms with E-state index >= 15 is 0 Å². The standard InChI is InChI=1S/C18H20ClN3O2/c1-13-15(8-9-17(20-13)22-10-4-5-11-22)21-18(23)12-24-16-7-3-2-6-14(16)19/h2-3,6-9H,4-5,10-12H2,1H3,(H,21,23). The van der Waals surface area contributed by atoms with Gasteiger partial charge >= 0.3 is 0 Å². The summed E-state index contributed by atoms with van der Waals surface area (Å²) < 4.78 is 5.44. The van der Waals surface area contributed by atoms with Crippen LogP contribution in [0.4, 0.5) is 11.5 Å². The molecule has 2 aromatic rings. The Labute approximate surface area is 146 Å². The Morgan fingerprint density at radius 3 is 2.71 bits per heavy atom. The Balaban J connectivity index is 1.59. The van der Waals surface area contributed by atoms with Crippen molar-refractivity contribution in [3.8, 4) is 5.75 Å². The van der Waals surface area contributed by atoms with Gasteiger partial charge in [0, 0.05) is 13.1 Å². The number of benzene rings is 1. The summed E-state index contributed by atoms with van der Waals surface area (Å²) in [6.07, 6.45) is 2.41. The van der Waals surface area contributed by atoms with E-state index in [1.54, 1.807) is 12.1 Å². The highest BCUT2D eigenvalue weighted by molar-refractivity contribution is 6.32. The summed E-state index contributed by atoms with van der Waals surface area (Å²) in [5.74, 6) is 1.22. The zero-order valence-electron chi connectivity index (χ0n) is 13.6. The predicted molar refractivity (Wildman–Crippen MR) is 96.0 cm³/mol. The number of nitrogens with one attached hydrogen (secondary N) is 1. The molecule has 2 heterocycles. The first kappa shape index (κ1) is 16.6. The quantitative estimate of drug-likeness (QED) is 0.898. The van der Waals surface area contributed by atoms with E-state index in [2.05, 4.69) is 15.2 Å². The maximum absolute atomic E-state index is 12.1. The first-order valence-corrected chi connectivity index (χ1v) is 8.41. The fraction of sp³-hybridized carbons (Fsp3) is 0.333. The van der Waals surface area contributed by atoms with Crippen LogP contribution in [-0.2, 0) is 4.79 Å². The molecule has 1 N–H and O–H groups in total. The molecule has 1 aromatic carbocycles. The van der Waals surface area contributed by atoms with Gasteiger partial charge in [-0.25, -0.2) is 4.98 Å². The third kappa shape index (κ3) is 3.97. The Kier molecular flexibility index (Phi) is 5.20. The van der Waals surface area contributed by atoms with Crippen molar-refractivity contribution in [2.45, 2.75) is 19.8 Å². The monoisotopic (exact) mass is 345 g/mol. The molecule has 6 heteroatoms. The van der Waals surface area contributed by atoms with Crippen molar-refractivity contribution in [1.29, 1.82) is 0 Å². The lowest BCUT2D eigenvalue weighted by Crippen LogP contribution is -2.22. The number of aromatic nitrogens is 1. The molecule has 1 saturated heterocycles. The number of carbonyl (C=O) groups excluding carboxylic acids is 1. The van der Waals surface area contributed by atoms with Gasteiger partial charge in [0.2, 0.25) is 0 Å². The minimum atomic E-state index is -0.242. The fourth-order valence-electron chi connectivity index (χ4n) is 2.69. The van der Waals surface area contributed by atoms with Crippen LogP contribution in [-0.4, -0.2) is 30.6 Å². The highest BCUT2D eigenvalue weighted by Gasteiger charge is 2.15. The van der Waals surface area contributed by atoms with Crippen molar-refractivity contribution in [1.82, 2.24) is 4.98 Å². The molecule has 24 heavy (non-hydrogen) atoms. The first-order valence-electron chi connectivity index (χ1n) is 8.03. The van der Waals surface area contributed by atoms with Crippen LogP contribution in [0.1, 0.15) is 18.5 Å². The molecule has 1 aliphatic heterocycles. The van der Waals surface area contributed by atoms with Gasteiger partial charge in [0.15, 0.2) is 6.61 Å². The van der Waals surface area contributed by atoms with E-state index in [0.29, 0.717) is 16.5 Å². The summed E-state index contributed by atoms with van der Waals surface area (Å²) in [6.45, 7) is 3.88. The molecule has 3 rings (SSSR count). The van der Waals surface area contributed by atoms with Crippen molar-refractivity contribution in [2.75, 3.05) is 29.9 Å². The summed E-state index contributed by atoms with van der Waals surface area (Å²) >= 11 is 6.00. The van der Waals surface area contributed by atoms with Crippen LogP contribution in [0.15, 0.2) is 36.4 Å². The largest absolute Gasteiger partial charge is 0.482 e. The third-order valence-electron chi connectivity index (χ3n) is 3.97. The summed E-state index contributed by atoms with van der Waals surface area (Å²) in [6, 6.07) is 10.9. The highest BCUT2D eigenvalue weighted by Crippen LogP contribution is 2.24. The van der Waals surface area contributed by atoms with Gasteiger partial charge in [0.25, 0.3) is 5.91 Å². The van der Waals surface area contributed by atoms with Crippen LogP contribution in [0.25, 0.3) is 0 Å². The average molecular weight is 346 g/mol. The first-order chi connectivity index (χ1) is 11.6. The summed E-state index contributed by atoms with van der Waals surface area (Å²) in [5, 5.41) is 3.31. The van der Waals surface area contributed by atoms with Gasteiger partial charge in [0.05, 0.1) is 16.4 Å². The summed E-state index contributed by atoms with van der Waals surface area (Å²) in [4.78, 5) is 18.9. The number of anilines is 2. The molecular formula is C18H20ClN3O2. The van der Waals surface area contributed by atoms with Gasteiger partial charge in [-0.15, -0.1) is 0 Å². The molecule has 0 spiro atoms. The van der Waals surface area contributed by atoms with Crippen molar-refractivity contribution in [2.24, 2.45) is 0 Å². The molecule has 0 aliphatic carbocycles. The van der Waals surface area contributed by atoms with E-state index in [0.717, 1.165) is 24.6 Å². The van der Waals surface area contributed by atoms with Crippen molar-refractivity contribution in [3.63, 3.8) is 0 Å². The fourth-order valence-corrected chi connectivity index (χ4v) is 2.88. The molecule has 1 amide bonds. The number of nitrogens with zero attached hydrogens (tertiary/aromatic N) is 2. The zero-order chi connectivity index (χ0) is 16.9. The summed E-state index contributed by atoms with van der Waals surface area (Å²) in [5.41, 5.74) is 1.50. The van der Waals surface area contributed by atoms with Crippen LogP contribution < -0.4 is 15.0 Å². The van der Waals surface area contributed by atoms with Gasteiger partial charge < -0.3 is 15.0 Å². The van der Waals surface area contributed by atoms with Crippen LogP contribution in [0.2, 0.25) is 5.02 Å². The molecule has 1 aromatic heterocycles. The Morgan fingerprint density at radius 2 is 2.00 bits per heavy atom. The highest BCUT2D eigenvalue weighted by atomic mass is 35.5. The maximum atomic E-state index is 12.1. The molecule has 5 nitrogen and oxygen atoms in total. The van der Waals surface area contributed by atoms with Gasteiger partial charge in [-0.3, -0.25) is 4.79 Å². The second kappa shape index (κ2) is 7.53. The van der Waals surface area contributed by atoms with E-state index < -0.39 is 0 Å². The maximum Gasteiger partial charge on any atom is 0.262 e. The molecule has 126 valence electrons. The molecule has 1 fully saturated rings. The number of halogens is 1. The number of para-hydroxylation sites is 1.